The summed E-state index contributed by atoms with van der Waals surface area (Å²) in [6.07, 6.45) is -2.51. The van der Waals surface area contributed by atoms with E-state index in [9.17, 15) is 20.1 Å². The first-order valence-electron chi connectivity index (χ1n) is 15.9. The highest BCUT2D eigenvalue weighted by atomic mass is 16.6. The first-order chi connectivity index (χ1) is 21.1. The second kappa shape index (κ2) is 10.3. The maximum absolute atomic E-state index is 13.7. The van der Waals surface area contributed by atoms with Crippen LogP contribution in [0.5, 0.6) is 5.75 Å². The Bertz CT molecular complexity index is 1280. The Morgan fingerprint density at radius 3 is 2.25 bits per heavy atom. The lowest BCUT2D eigenvalue weighted by molar-refractivity contribution is -0.298. The van der Waals surface area contributed by atoms with Gasteiger partial charge in [0.15, 0.2) is 0 Å². The van der Waals surface area contributed by atoms with Gasteiger partial charge in [0.05, 0.1) is 49.3 Å². The molecule has 1 aromatic carbocycles. The summed E-state index contributed by atoms with van der Waals surface area (Å²) in [5.74, 6) is -1.54. The fourth-order valence-corrected chi connectivity index (χ4v) is 12.0. The number of methoxy groups -OCH3 is 5. The molecule has 7 bridgehead atoms. The smallest absolute Gasteiger partial charge is 0.338 e. The second-order valence-corrected chi connectivity index (χ2v) is 14.2. The summed E-state index contributed by atoms with van der Waals surface area (Å²) >= 11 is 0. The molecule has 1 heterocycles. The van der Waals surface area contributed by atoms with Crippen molar-refractivity contribution in [1.82, 2.24) is 4.90 Å². The number of ether oxygens (including phenoxy) is 6. The standard InChI is InChI=1S/C33H47NO10/c1-7-34-15-30(16-39-2)20(35)12-21(41-4)33-19-13-31(37)22(42-5)14-32(38,24(27(33)34)25(43-6)26(30)33)23(19)28(31)44-29(36)17-8-10-18(40-3)11-9-17/h8-11,19-28,35,37-38H,7,12-16H2,1-6H3/t19-,20-,21+,22+,23-,24+,25+,26-,27-,28-,30+,31+,32-,33+/m1/s1. The normalized spacial score (nSPS) is 50.0. The molecule has 5 saturated carbocycles. The lowest BCUT2D eigenvalue weighted by Gasteiger charge is -2.70. The van der Waals surface area contributed by atoms with Crippen LogP contribution in [0.3, 0.4) is 0 Å². The molecule has 1 aliphatic heterocycles. The Morgan fingerprint density at radius 1 is 0.955 bits per heavy atom. The summed E-state index contributed by atoms with van der Waals surface area (Å²) in [4.78, 5) is 16.1. The van der Waals surface area contributed by atoms with Gasteiger partial charge < -0.3 is 43.7 Å². The number of carbonyl (C=O) groups excluding carboxylic acids is 1. The lowest BCUT2D eigenvalue weighted by atomic mass is 9.42. The number of likely N-dealkylation sites (tertiary alicyclic amines) is 1. The number of hydrogen-bond acceptors (Lipinski definition) is 11. The van der Waals surface area contributed by atoms with Crippen molar-refractivity contribution >= 4 is 5.97 Å². The first-order valence-corrected chi connectivity index (χ1v) is 15.9. The molecule has 6 aliphatic rings. The van der Waals surface area contributed by atoms with Crippen LogP contribution in [0.15, 0.2) is 24.3 Å². The van der Waals surface area contributed by atoms with Crippen LogP contribution in [0.4, 0.5) is 0 Å². The summed E-state index contributed by atoms with van der Waals surface area (Å²) in [6.45, 7) is 3.73. The van der Waals surface area contributed by atoms with Crippen molar-refractivity contribution in [3.63, 3.8) is 0 Å². The van der Waals surface area contributed by atoms with E-state index in [1.165, 1.54) is 7.11 Å². The van der Waals surface area contributed by atoms with E-state index < -0.39 is 64.3 Å². The minimum atomic E-state index is -1.54. The fourth-order valence-electron chi connectivity index (χ4n) is 12.0. The van der Waals surface area contributed by atoms with Crippen LogP contribution in [0, 0.1) is 34.5 Å². The average Bonchev–Trinajstić information content (AvgIpc) is 3.41. The van der Waals surface area contributed by atoms with Crippen LogP contribution in [0.25, 0.3) is 0 Å². The van der Waals surface area contributed by atoms with E-state index in [1.807, 2.05) is 0 Å². The van der Waals surface area contributed by atoms with Crippen LogP contribution in [-0.2, 0) is 23.7 Å². The van der Waals surface area contributed by atoms with Gasteiger partial charge in [0, 0.05) is 82.5 Å². The molecule has 1 aromatic rings. The molecule has 7 rings (SSSR count). The van der Waals surface area contributed by atoms with Crippen molar-refractivity contribution < 1.29 is 48.5 Å². The molecule has 0 unspecified atom stereocenters. The van der Waals surface area contributed by atoms with Crippen LogP contribution >= 0.6 is 0 Å². The number of nitrogens with zero attached hydrogens (tertiary/aromatic N) is 1. The number of aliphatic hydroxyl groups excluding tert-OH is 1. The number of carbonyl (C=O) groups is 1. The van der Waals surface area contributed by atoms with Crippen molar-refractivity contribution in [2.75, 3.05) is 55.2 Å². The van der Waals surface area contributed by atoms with Gasteiger partial charge in [-0.1, -0.05) is 6.92 Å². The van der Waals surface area contributed by atoms with Gasteiger partial charge in [-0.25, -0.2) is 4.79 Å². The molecular weight excluding hydrogens is 570 g/mol. The third-order valence-electron chi connectivity index (χ3n) is 13.1. The number of piperidine rings is 1. The van der Waals surface area contributed by atoms with Crippen molar-refractivity contribution in [1.29, 1.82) is 0 Å². The molecule has 14 atom stereocenters. The number of rotatable bonds is 9. The van der Waals surface area contributed by atoms with E-state index in [4.69, 9.17) is 28.4 Å². The van der Waals surface area contributed by atoms with Crippen molar-refractivity contribution in [3.8, 4) is 5.75 Å². The Hall–Kier alpha value is -1.83. The predicted octanol–water partition coefficient (Wildman–Crippen LogP) is 1.12. The van der Waals surface area contributed by atoms with Crippen LogP contribution in [-0.4, -0.2) is 129 Å². The third kappa shape index (κ3) is 3.48. The van der Waals surface area contributed by atoms with Crippen LogP contribution in [0.2, 0.25) is 0 Å². The summed E-state index contributed by atoms with van der Waals surface area (Å²) in [5.41, 5.74) is -3.92. The summed E-state index contributed by atoms with van der Waals surface area (Å²) in [7, 11) is 8.13. The molecule has 11 nitrogen and oxygen atoms in total. The zero-order valence-corrected chi connectivity index (χ0v) is 26.5. The molecule has 244 valence electrons. The Balaban J connectivity index is 1.42. The Morgan fingerprint density at radius 2 is 1.66 bits per heavy atom. The SMILES string of the molecule is CCN1C[C@]2(COC)[C@H](O)C[C@H](OC)[C@@]34[C@@H]5C[C@]6(O)[C@@H](OC)C[C@@](O)([C@H]5[C@H]6OC(=O)c5ccc(OC)cc5)[C@@H]([C@H](OC)[C@H]23)[C@@H]14. The minimum absolute atomic E-state index is 0.146. The fraction of sp³-hybridized carbons (Fsp3) is 0.788. The minimum Gasteiger partial charge on any atom is -0.497 e. The van der Waals surface area contributed by atoms with Crippen LogP contribution in [0.1, 0.15) is 36.5 Å². The van der Waals surface area contributed by atoms with Gasteiger partial charge in [0.1, 0.15) is 17.5 Å². The van der Waals surface area contributed by atoms with E-state index in [0.29, 0.717) is 37.4 Å². The van der Waals surface area contributed by atoms with Crippen LogP contribution < -0.4 is 4.74 Å². The van der Waals surface area contributed by atoms with E-state index in [0.717, 1.165) is 0 Å². The maximum Gasteiger partial charge on any atom is 0.338 e. The van der Waals surface area contributed by atoms with Crippen molar-refractivity contribution in [2.45, 2.75) is 73.9 Å². The summed E-state index contributed by atoms with van der Waals surface area (Å²) in [5, 5.41) is 37.7. The van der Waals surface area contributed by atoms with Gasteiger partial charge in [-0.3, -0.25) is 4.90 Å². The molecule has 0 amide bonds. The van der Waals surface area contributed by atoms with Gasteiger partial charge in [-0.2, -0.15) is 0 Å². The number of aliphatic hydroxyl groups is 3. The highest BCUT2D eigenvalue weighted by molar-refractivity contribution is 5.89. The topological polar surface area (TPSA) is 136 Å². The van der Waals surface area contributed by atoms with E-state index in [-0.39, 0.29) is 36.8 Å². The maximum atomic E-state index is 13.7. The van der Waals surface area contributed by atoms with Gasteiger partial charge in [-0.05, 0) is 43.1 Å². The van der Waals surface area contributed by atoms with Gasteiger partial charge >= 0.3 is 5.97 Å². The molecule has 11 heteroatoms. The number of hydrogen-bond donors (Lipinski definition) is 3. The third-order valence-corrected chi connectivity index (χ3v) is 13.1. The molecule has 1 saturated heterocycles. The quantitative estimate of drug-likeness (QED) is 0.344. The summed E-state index contributed by atoms with van der Waals surface area (Å²) < 4.78 is 36.2. The molecule has 0 radical (unpaired) electrons. The zero-order valence-electron chi connectivity index (χ0n) is 26.5. The zero-order chi connectivity index (χ0) is 31.4. The Labute approximate surface area is 258 Å². The second-order valence-electron chi connectivity index (χ2n) is 14.2. The van der Waals surface area contributed by atoms with E-state index in [2.05, 4.69) is 11.8 Å². The average molecular weight is 618 g/mol. The van der Waals surface area contributed by atoms with E-state index in [1.54, 1.807) is 52.7 Å². The number of fused-ring (bicyclic) bond motifs is 2. The summed E-state index contributed by atoms with van der Waals surface area (Å²) in [6, 6.07) is 6.50. The molecule has 3 N–H and O–H groups in total. The molecular formula is C33H47NO10. The predicted molar refractivity (Wildman–Crippen MR) is 156 cm³/mol. The first kappa shape index (κ1) is 30.8. The van der Waals surface area contributed by atoms with Crippen molar-refractivity contribution in [3.05, 3.63) is 29.8 Å². The Kier molecular flexibility index (Phi) is 7.24. The molecule has 1 spiro atoms. The highest BCUT2D eigenvalue weighted by Crippen LogP contribution is 2.80. The molecule has 5 aliphatic carbocycles. The van der Waals surface area contributed by atoms with Gasteiger partial charge in [0.2, 0.25) is 0 Å². The number of benzene rings is 1. The lowest BCUT2D eigenvalue weighted by Crippen LogP contribution is -2.79. The van der Waals surface area contributed by atoms with Crippen molar-refractivity contribution in [2.24, 2.45) is 34.5 Å². The molecule has 6 fully saturated rings. The van der Waals surface area contributed by atoms with Gasteiger partial charge in [-0.15, -0.1) is 0 Å². The molecule has 44 heavy (non-hydrogen) atoms. The number of esters is 1. The largest absolute Gasteiger partial charge is 0.497 e. The van der Waals surface area contributed by atoms with E-state index >= 15 is 0 Å². The highest BCUT2D eigenvalue weighted by Gasteiger charge is 2.89. The monoisotopic (exact) mass is 617 g/mol. The van der Waals surface area contributed by atoms with Gasteiger partial charge in [0.25, 0.3) is 0 Å². The molecule has 0 aromatic heterocycles.